The third kappa shape index (κ3) is 52.6. The summed E-state index contributed by atoms with van der Waals surface area (Å²) >= 11 is 0. The molecule has 0 aromatic rings. The quantitative estimate of drug-likeness (QED) is 0.0195. The van der Waals surface area contributed by atoms with Gasteiger partial charge in [0.1, 0.15) is 24.4 Å². The molecule has 1 aliphatic rings. The van der Waals surface area contributed by atoms with Crippen molar-refractivity contribution in [2.75, 3.05) is 19.8 Å². The fraction of sp³-hybridized carbons (Fsp3) is 0.893. The van der Waals surface area contributed by atoms with Crippen molar-refractivity contribution >= 4 is 11.9 Å². The molecule has 11 heteroatoms. The van der Waals surface area contributed by atoms with Gasteiger partial charge in [0, 0.05) is 12.8 Å². The van der Waals surface area contributed by atoms with E-state index < -0.39 is 49.5 Å². The topological polar surface area (TPSA) is 175 Å². The summed E-state index contributed by atoms with van der Waals surface area (Å²) in [6.45, 7) is 4.33. The van der Waals surface area contributed by atoms with Crippen LogP contribution in [0.2, 0.25) is 0 Å². The first-order valence-corrected chi connectivity index (χ1v) is 37.3. The highest BCUT2D eigenvalue weighted by molar-refractivity contribution is 5.76. The average Bonchev–Trinajstić information content (AvgIpc) is 3.72. The van der Waals surface area contributed by atoms with Crippen molar-refractivity contribution in [3.8, 4) is 0 Å². The second kappa shape index (κ2) is 64.4. The maximum atomic E-state index is 13.0. The molecule has 0 radical (unpaired) electrons. The Kier molecular flexibility index (Phi) is 61.3. The monoisotopic (exact) mass is 1220 g/mol. The molecule has 0 aromatic heterocycles. The van der Waals surface area contributed by atoms with Gasteiger partial charge in [-0.05, 0) is 64.2 Å². The molecule has 11 nitrogen and oxygen atoms in total. The minimum atomic E-state index is -1.57. The van der Waals surface area contributed by atoms with Crippen LogP contribution in [0.5, 0.6) is 0 Å². The predicted molar refractivity (Wildman–Crippen MR) is 361 cm³/mol. The summed E-state index contributed by atoms with van der Waals surface area (Å²) in [4.78, 5) is 25.1. The predicted octanol–water partition coefficient (Wildman–Crippen LogP) is 19.4. The Morgan fingerprint density at radius 1 is 0.430 bits per heavy atom. The number of amides is 1. The molecular formula is C75H141NO10. The number of carbonyl (C=O) groups excluding carboxylic acids is 2. The number of hydrogen-bond acceptors (Lipinski definition) is 10. The SMILES string of the molecule is CCCCC/C=C\C/C=C\CCCCCCCCCC(=O)OCCCCCCCCCCCCCCCCCCCCCCCCCCCCCCCCCCC(=O)NC(COC1OC(CO)C(O)C(O)C1O)C(O)/C=C/CCCCCCCCC. The fourth-order valence-corrected chi connectivity index (χ4v) is 11.9. The molecule has 1 heterocycles. The highest BCUT2D eigenvalue weighted by Gasteiger charge is 2.44. The van der Waals surface area contributed by atoms with Crippen molar-refractivity contribution in [2.45, 2.75) is 410 Å². The van der Waals surface area contributed by atoms with E-state index in [1.807, 2.05) is 6.08 Å². The normalized spacial score (nSPS) is 18.1. The Hall–Kier alpha value is -2.12. The largest absolute Gasteiger partial charge is 0.466 e. The van der Waals surface area contributed by atoms with Crippen molar-refractivity contribution in [3.05, 3.63) is 36.5 Å². The van der Waals surface area contributed by atoms with Crippen LogP contribution in [0.15, 0.2) is 36.5 Å². The number of aliphatic hydroxyl groups is 5. The molecule has 0 saturated carbocycles. The van der Waals surface area contributed by atoms with Crippen molar-refractivity contribution in [3.63, 3.8) is 0 Å². The van der Waals surface area contributed by atoms with Crippen LogP contribution >= 0.6 is 0 Å². The smallest absolute Gasteiger partial charge is 0.305 e. The number of hydrogen-bond donors (Lipinski definition) is 6. The summed E-state index contributed by atoms with van der Waals surface area (Å²) in [6.07, 6.45) is 73.1. The Bertz CT molecular complexity index is 1520. The molecule has 1 rings (SSSR count). The summed E-state index contributed by atoms with van der Waals surface area (Å²) < 4.78 is 16.7. The molecule has 7 unspecified atom stereocenters. The van der Waals surface area contributed by atoms with Gasteiger partial charge in [0.25, 0.3) is 0 Å². The van der Waals surface area contributed by atoms with Crippen molar-refractivity contribution in [2.24, 2.45) is 0 Å². The summed E-state index contributed by atoms with van der Waals surface area (Å²) in [7, 11) is 0. The molecule has 0 aromatic carbocycles. The van der Waals surface area contributed by atoms with Crippen LogP contribution in [-0.2, 0) is 23.8 Å². The van der Waals surface area contributed by atoms with Gasteiger partial charge < -0.3 is 45.1 Å². The van der Waals surface area contributed by atoms with Crippen LogP contribution in [-0.4, -0.2) is 100 Å². The van der Waals surface area contributed by atoms with E-state index in [4.69, 9.17) is 14.2 Å². The van der Waals surface area contributed by atoms with E-state index in [0.717, 1.165) is 64.2 Å². The van der Waals surface area contributed by atoms with Crippen LogP contribution in [0.3, 0.4) is 0 Å². The zero-order valence-electron chi connectivity index (χ0n) is 56.3. The Morgan fingerprint density at radius 2 is 0.779 bits per heavy atom. The molecule has 1 amide bonds. The number of ether oxygens (including phenoxy) is 3. The number of allylic oxidation sites excluding steroid dienone is 5. The van der Waals surface area contributed by atoms with Gasteiger partial charge in [-0.15, -0.1) is 0 Å². The molecule has 86 heavy (non-hydrogen) atoms. The lowest BCUT2D eigenvalue weighted by atomic mass is 9.99. The van der Waals surface area contributed by atoms with E-state index in [9.17, 15) is 35.1 Å². The van der Waals surface area contributed by atoms with E-state index in [-0.39, 0.29) is 18.5 Å². The Morgan fingerprint density at radius 3 is 1.20 bits per heavy atom. The standard InChI is InChI=1S/C75H141NO10/c1-3-5-7-9-11-13-14-15-16-33-37-40-43-47-51-55-59-63-71(80)84-64-60-56-52-48-44-41-38-35-32-30-28-26-24-22-20-18-17-19-21-23-25-27-29-31-34-36-39-42-46-50-54-58-62-70(79)76-67(68(78)61-57-53-49-45-12-10-8-6-4-2)66-85-75-74(83)73(82)72(81)69(65-77)86-75/h11,13,15-16,57,61,67-69,72-75,77-78,81-83H,3-10,12,14,17-56,58-60,62-66H2,1-2H3,(H,76,79)/b13-11-,16-15-,61-57+. The van der Waals surface area contributed by atoms with Crippen LogP contribution in [0.4, 0.5) is 0 Å². The highest BCUT2D eigenvalue weighted by atomic mass is 16.7. The molecule has 7 atom stereocenters. The lowest BCUT2D eigenvalue weighted by Gasteiger charge is -2.40. The van der Waals surface area contributed by atoms with Crippen LogP contribution < -0.4 is 5.32 Å². The number of nitrogens with one attached hydrogen (secondary N) is 1. The van der Waals surface area contributed by atoms with E-state index in [1.54, 1.807) is 6.08 Å². The van der Waals surface area contributed by atoms with Crippen molar-refractivity contribution < 1.29 is 49.3 Å². The van der Waals surface area contributed by atoms with Gasteiger partial charge in [-0.1, -0.05) is 326 Å². The maximum absolute atomic E-state index is 13.0. The van der Waals surface area contributed by atoms with Gasteiger partial charge in [0.05, 0.1) is 32.0 Å². The third-order valence-corrected chi connectivity index (χ3v) is 17.7. The number of carbonyl (C=O) groups is 2. The third-order valence-electron chi connectivity index (χ3n) is 17.7. The molecule has 6 N–H and O–H groups in total. The fourth-order valence-electron chi connectivity index (χ4n) is 11.9. The molecule has 0 bridgehead atoms. The molecule has 1 saturated heterocycles. The van der Waals surface area contributed by atoms with E-state index in [1.165, 1.54) is 276 Å². The lowest BCUT2D eigenvalue weighted by molar-refractivity contribution is -0.302. The van der Waals surface area contributed by atoms with Gasteiger partial charge in [-0.2, -0.15) is 0 Å². The first-order valence-electron chi connectivity index (χ1n) is 37.3. The van der Waals surface area contributed by atoms with Crippen LogP contribution in [0.1, 0.15) is 367 Å². The zero-order chi connectivity index (χ0) is 62.3. The minimum absolute atomic E-state index is 0.00618. The van der Waals surface area contributed by atoms with Crippen LogP contribution in [0.25, 0.3) is 0 Å². The summed E-state index contributed by atoms with van der Waals surface area (Å²) in [5.41, 5.74) is 0. The second-order valence-electron chi connectivity index (χ2n) is 26.0. The van der Waals surface area contributed by atoms with Crippen molar-refractivity contribution in [1.82, 2.24) is 5.32 Å². The lowest BCUT2D eigenvalue weighted by Crippen LogP contribution is -2.60. The number of esters is 1. The summed E-state index contributed by atoms with van der Waals surface area (Å²) in [6, 6.07) is -0.805. The van der Waals surface area contributed by atoms with E-state index >= 15 is 0 Å². The van der Waals surface area contributed by atoms with Gasteiger partial charge in [0.2, 0.25) is 5.91 Å². The second-order valence-corrected chi connectivity index (χ2v) is 26.0. The minimum Gasteiger partial charge on any atom is -0.466 e. The zero-order valence-corrected chi connectivity index (χ0v) is 56.3. The van der Waals surface area contributed by atoms with Gasteiger partial charge >= 0.3 is 5.97 Å². The highest BCUT2D eigenvalue weighted by Crippen LogP contribution is 2.24. The van der Waals surface area contributed by atoms with Gasteiger partial charge in [0.15, 0.2) is 6.29 Å². The molecule has 1 aliphatic heterocycles. The van der Waals surface area contributed by atoms with Crippen molar-refractivity contribution in [1.29, 1.82) is 0 Å². The number of rotatable bonds is 66. The average molecular weight is 1220 g/mol. The molecule has 506 valence electrons. The van der Waals surface area contributed by atoms with E-state index in [2.05, 4.69) is 43.5 Å². The number of unbranched alkanes of at least 4 members (excludes halogenated alkanes) is 48. The molecule has 1 fully saturated rings. The summed E-state index contributed by atoms with van der Waals surface area (Å²) in [5, 5.41) is 54.3. The Balaban J connectivity index is 1.87. The van der Waals surface area contributed by atoms with Gasteiger partial charge in [-0.3, -0.25) is 9.59 Å². The summed E-state index contributed by atoms with van der Waals surface area (Å²) in [5.74, 6) is -0.172. The molecule has 0 aliphatic carbocycles. The molecule has 0 spiro atoms. The molecular weight excluding hydrogens is 1070 g/mol. The first kappa shape index (κ1) is 81.9. The van der Waals surface area contributed by atoms with Gasteiger partial charge in [-0.25, -0.2) is 0 Å². The Labute approximate surface area is 530 Å². The van der Waals surface area contributed by atoms with E-state index in [0.29, 0.717) is 19.4 Å². The first-order chi connectivity index (χ1) is 42.2. The number of aliphatic hydroxyl groups excluding tert-OH is 5. The maximum Gasteiger partial charge on any atom is 0.305 e. The van der Waals surface area contributed by atoms with Crippen LogP contribution in [0, 0.1) is 0 Å².